The molecule has 0 aromatic rings. The van der Waals surface area contributed by atoms with Gasteiger partial charge < -0.3 is 25.7 Å². The van der Waals surface area contributed by atoms with Gasteiger partial charge >= 0.3 is 5.97 Å². The third kappa shape index (κ3) is 5.48. The first kappa shape index (κ1) is 19.9. The van der Waals surface area contributed by atoms with Crippen LogP contribution in [0.1, 0.15) is 40.0 Å². The van der Waals surface area contributed by atoms with Gasteiger partial charge in [-0.1, -0.05) is 0 Å². The smallest absolute Gasteiger partial charge is 0.329 e. The van der Waals surface area contributed by atoms with Crippen molar-refractivity contribution in [3.05, 3.63) is 0 Å². The third-order valence-corrected chi connectivity index (χ3v) is 4.02. The van der Waals surface area contributed by atoms with E-state index in [0.29, 0.717) is 6.41 Å². The molecule has 1 atom stereocenters. The summed E-state index contributed by atoms with van der Waals surface area (Å²) in [6, 6.07) is -1.48. The van der Waals surface area contributed by atoms with Crippen LogP contribution in [0.3, 0.4) is 0 Å². The van der Waals surface area contributed by atoms with Crippen LogP contribution in [-0.4, -0.2) is 69.6 Å². The monoisotopic (exact) mass is 343 g/mol. The highest BCUT2D eigenvalue weighted by molar-refractivity contribution is 5.85. The predicted molar refractivity (Wildman–Crippen MR) is 83.9 cm³/mol. The zero-order chi connectivity index (χ0) is 18.5. The van der Waals surface area contributed by atoms with Crippen LogP contribution in [0.25, 0.3) is 0 Å². The molecule has 0 saturated carbocycles. The summed E-state index contributed by atoms with van der Waals surface area (Å²) in [6.45, 7) is 5.04. The Bertz CT molecular complexity index is 511. The molecule has 0 aromatic carbocycles. The van der Waals surface area contributed by atoms with E-state index in [1.807, 2.05) is 0 Å². The van der Waals surface area contributed by atoms with Crippen molar-refractivity contribution in [1.82, 2.24) is 15.5 Å². The van der Waals surface area contributed by atoms with Crippen molar-refractivity contribution in [3.63, 3.8) is 0 Å². The maximum atomic E-state index is 12.2. The van der Waals surface area contributed by atoms with Crippen LogP contribution in [0.5, 0.6) is 0 Å². The first-order valence-corrected chi connectivity index (χ1v) is 7.72. The highest BCUT2D eigenvalue weighted by Gasteiger charge is 2.45. The molecule has 136 valence electrons. The lowest BCUT2D eigenvalue weighted by Gasteiger charge is -2.40. The van der Waals surface area contributed by atoms with Crippen LogP contribution in [0.2, 0.25) is 0 Å². The van der Waals surface area contributed by atoms with E-state index in [4.69, 9.17) is 0 Å². The number of hydrogen-bond donors (Lipinski definition) is 4. The number of carbonyl (C=O) groups is 4. The molecule has 4 N–H and O–H groups in total. The van der Waals surface area contributed by atoms with E-state index in [9.17, 15) is 29.4 Å². The number of piperidine rings is 1. The molecule has 9 nitrogen and oxygen atoms in total. The molecule has 1 aliphatic heterocycles. The Morgan fingerprint density at radius 3 is 2.25 bits per heavy atom. The Balaban J connectivity index is 2.76. The lowest BCUT2D eigenvalue weighted by Crippen LogP contribution is -2.61. The normalized spacial score (nSPS) is 18.4. The van der Waals surface area contributed by atoms with Gasteiger partial charge in [0.25, 0.3) is 0 Å². The maximum Gasteiger partial charge on any atom is 0.329 e. The molecule has 0 spiro atoms. The summed E-state index contributed by atoms with van der Waals surface area (Å²) in [6.07, 6.45) is 0.618. The Kier molecular flexibility index (Phi) is 6.30. The lowest BCUT2D eigenvalue weighted by molar-refractivity contribution is -0.154. The van der Waals surface area contributed by atoms with Gasteiger partial charge in [0.05, 0.1) is 5.60 Å². The third-order valence-electron chi connectivity index (χ3n) is 4.02. The molecule has 0 radical (unpaired) electrons. The van der Waals surface area contributed by atoms with Crippen LogP contribution >= 0.6 is 0 Å². The van der Waals surface area contributed by atoms with Crippen LogP contribution in [-0.2, 0) is 19.2 Å². The molecule has 1 saturated heterocycles. The van der Waals surface area contributed by atoms with Gasteiger partial charge in [0.1, 0.15) is 0 Å². The number of aliphatic carboxylic acids is 1. The highest BCUT2D eigenvalue weighted by atomic mass is 16.4. The minimum atomic E-state index is -1.63. The number of rotatable bonds is 7. The molecular weight excluding hydrogens is 318 g/mol. The van der Waals surface area contributed by atoms with Crippen molar-refractivity contribution in [1.29, 1.82) is 0 Å². The first-order valence-electron chi connectivity index (χ1n) is 7.72. The largest absolute Gasteiger partial charge is 0.480 e. The van der Waals surface area contributed by atoms with Crippen molar-refractivity contribution >= 4 is 24.2 Å². The highest BCUT2D eigenvalue weighted by Crippen LogP contribution is 2.26. The number of carbonyl (C=O) groups excluding carboxylic acids is 3. The summed E-state index contributed by atoms with van der Waals surface area (Å²) in [5.41, 5.74) is -2.47. The fourth-order valence-corrected chi connectivity index (χ4v) is 2.87. The van der Waals surface area contributed by atoms with E-state index in [0.717, 1.165) is 0 Å². The quantitative estimate of drug-likeness (QED) is 0.431. The first-order chi connectivity index (χ1) is 11.0. The Morgan fingerprint density at radius 2 is 1.83 bits per heavy atom. The molecule has 3 amide bonds. The van der Waals surface area contributed by atoms with Crippen molar-refractivity contribution in [2.24, 2.45) is 0 Å². The average Bonchev–Trinajstić information content (AvgIpc) is 2.43. The Hall–Kier alpha value is -2.16. The van der Waals surface area contributed by atoms with E-state index in [1.165, 1.54) is 11.8 Å². The number of carboxylic acid groups (broad SMARTS) is 1. The predicted octanol–water partition coefficient (Wildman–Crippen LogP) is -1.16. The number of amides is 3. The van der Waals surface area contributed by atoms with E-state index in [2.05, 4.69) is 10.6 Å². The number of nitrogens with zero attached hydrogens (tertiary/aromatic N) is 1. The summed E-state index contributed by atoms with van der Waals surface area (Å²) in [7, 11) is 0. The van der Waals surface area contributed by atoms with E-state index in [1.54, 1.807) is 13.8 Å². The summed E-state index contributed by atoms with van der Waals surface area (Å²) >= 11 is 0. The van der Waals surface area contributed by atoms with Crippen molar-refractivity contribution < 1.29 is 29.4 Å². The molecule has 1 heterocycles. The van der Waals surface area contributed by atoms with Gasteiger partial charge in [-0.15, -0.1) is 0 Å². The number of likely N-dealkylation sites (tertiary alicyclic amines) is 1. The lowest BCUT2D eigenvalue weighted by atomic mass is 9.84. The second kappa shape index (κ2) is 7.61. The van der Waals surface area contributed by atoms with Gasteiger partial charge in [-0.05, 0) is 26.7 Å². The average molecular weight is 343 g/mol. The van der Waals surface area contributed by atoms with E-state index < -0.39 is 29.1 Å². The van der Waals surface area contributed by atoms with Gasteiger partial charge in [0, 0.05) is 32.0 Å². The molecule has 0 aliphatic carbocycles. The number of aliphatic hydroxyl groups is 1. The van der Waals surface area contributed by atoms with Crippen molar-refractivity contribution in [2.45, 2.75) is 57.2 Å². The molecule has 1 aliphatic rings. The topological polar surface area (TPSA) is 136 Å². The van der Waals surface area contributed by atoms with Gasteiger partial charge in [0.2, 0.25) is 18.2 Å². The molecule has 0 bridgehead atoms. The molecule has 1 unspecified atom stereocenters. The molecular formula is C15H25N3O6. The standard InChI is InChI=1S/C15H25N3O6/c1-10(20)17-14(2,3)8-11(21)16-12(13(22)23)15(24)4-6-18(9-19)7-5-15/h9,12,24H,4-8H2,1-3H3,(H,16,21)(H,17,20)(H,22,23). The number of carboxylic acids is 1. The summed E-state index contributed by atoms with van der Waals surface area (Å²) in [5, 5.41) is 24.9. The fourth-order valence-electron chi connectivity index (χ4n) is 2.87. The minimum Gasteiger partial charge on any atom is -0.480 e. The molecule has 0 aromatic heterocycles. The fraction of sp³-hybridized carbons (Fsp3) is 0.733. The van der Waals surface area contributed by atoms with E-state index in [-0.39, 0.29) is 38.3 Å². The van der Waals surface area contributed by atoms with Crippen LogP contribution in [0, 0.1) is 0 Å². The van der Waals surface area contributed by atoms with E-state index >= 15 is 0 Å². The summed E-state index contributed by atoms with van der Waals surface area (Å²) in [4.78, 5) is 46.9. The van der Waals surface area contributed by atoms with Crippen LogP contribution in [0.15, 0.2) is 0 Å². The molecule has 1 fully saturated rings. The molecule has 9 heteroatoms. The second-order valence-electron chi connectivity index (χ2n) is 6.83. The van der Waals surface area contributed by atoms with Crippen molar-refractivity contribution in [2.75, 3.05) is 13.1 Å². The van der Waals surface area contributed by atoms with Gasteiger partial charge in [-0.25, -0.2) is 4.79 Å². The number of nitrogens with one attached hydrogen (secondary N) is 2. The van der Waals surface area contributed by atoms with Crippen LogP contribution in [0.4, 0.5) is 0 Å². The molecule has 1 rings (SSSR count). The summed E-state index contributed by atoms with van der Waals surface area (Å²) in [5.74, 6) is -2.24. The molecule has 24 heavy (non-hydrogen) atoms. The van der Waals surface area contributed by atoms with Crippen LogP contribution < -0.4 is 10.6 Å². The second-order valence-corrected chi connectivity index (χ2v) is 6.83. The van der Waals surface area contributed by atoms with Crippen molar-refractivity contribution in [3.8, 4) is 0 Å². The zero-order valence-corrected chi connectivity index (χ0v) is 14.2. The minimum absolute atomic E-state index is 0.0536. The van der Waals surface area contributed by atoms with Gasteiger partial charge in [-0.2, -0.15) is 0 Å². The van der Waals surface area contributed by atoms with Gasteiger partial charge in [-0.3, -0.25) is 14.4 Å². The Morgan fingerprint density at radius 1 is 1.29 bits per heavy atom. The van der Waals surface area contributed by atoms with Gasteiger partial charge in [0.15, 0.2) is 6.04 Å². The Labute approximate surface area is 140 Å². The zero-order valence-electron chi connectivity index (χ0n) is 14.2. The summed E-state index contributed by atoms with van der Waals surface area (Å²) < 4.78 is 0. The SMILES string of the molecule is CC(=O)NC(C)(C)CC(=O)NC(C(=O)O)C1(O)CCN(C=O)CC1. The maximum absolute atomic E-state index is 12.2. The number of hydrogen-bond acceptors (Lipinski definition) is 5.